The summed E-state index contributed by atoms with van der Waals surface area (Å²) >= 11 is 0. The van der Waals surface area contributed by atoms with Gasteiger partial charge in [0, 0.05) is 45.0 Å². The molecule has 2 aliphatic rings. The highest BCUT2D eigenvalue weighted by atomic mass is 19.1. The Bertz CT molecular complexity index is 1160. The lowest BCUT2D eigenvalue weighted by molar-refractivity contribution is -0.141. The third-order valence-corrected chi connectivity index (χ3v) is 6.31. The first-order valence-electron chi connectivity index (χ1n) is 11.9. The van der Waals surface area contributed by atoms with Gasteiger partial charge in [-0.3, -0.25) is 24.3 Å². The Balaban J connectivity index is 1.28. The zero-order valence-corrected chi connectivity index (χ0v) is 20.4. The fraction of sp³-hybridized carbons (Fsp3) is 0.400. The Hall–Kier alpha value is -4.22. The number of esters is 1. The number of amides is 3. The number of hydrogen-bond acceptors (Lipinski definition) is 8. The van der Waals surface area contributed by atoms with Crippen molar-refractivity contribution in [3.63, 3.8) is 0 Å². The van der Waals surface area contributed by atoms with Gasteiger partial charge in [0.15, 0.2) is 0 Å². The molecular weight excluding hydrogens is 485 g/mol. The van der Waals surface area contributed by atoms with Crippen LogP contribution in [0.4, 0.5) is 20.6 Å². The normalized spacial score (nSPS) is 17.4. The number of halogens is 1. The maximum absolute atomic E-state index is 15.0. The van der Waals surface area contributed by atoms with Gasteiger partial charge < -0.3 is 24.6 Å². The molecule has 1 atom stereocenters. The van der Waals surface area contributed by atoms with E-state index < -0.39 is 18.0 Å². The molecule has 2 aromatic rings. The molecule has 12 heteroatoms. The molecule has 1 N–H and O–H groups in total. The van der Waals surface area contributed by atoms with Crippen LogP contribution >= 0.6 is 0 Å². The molecule has 0 radical (unpaired) electrons. The molecule has 0 saturated carbocycles. The summed E-state index contributed by atoms with van der Waals surface area (Å²) in [5, 5.41) is 2.59. The lowest BCUT2D eigenvalue weighted by Crippen LogP contribution is -2.51. The van der Waals surface area contributed by atoms with Crippen LogP contribution in [-0.2, 0) is 19.1 Å². The molecule has 1 aromatic carbocycles. The molecule has 3 heterocycles. The number of rotatable bonds is 8. The van der Waals surface area contributed by atoms with Crippen molar-refractivity contribution in [3.05, 3.63) is 54.1 Å². The Labute approximate surface area is 213 Å². The predicted molar refractivity (Wildman–Crippen MR) is 131 cm³/mol. The summed E-state index contributed by atoms with van der Waals surface area (Å²) in [7, 11) is 1.29. The summed E-state index contributed by atoms with van der Waals surface area (Å²) < 4.78 is 24.9. The van der Waals surface area contributed by atoms with Gasteiger partial charge >= 0.3 is 12.1 Å². The van der Waals surface area contributed by atoms with E-state index in [2.05, 4.69) is 15.0 Å². The average molecular weight is 514 g/mol. The first-order chi connectivity index (χ1) is 17.9. The highest BCUT2D eigenvalue weighted by Gasteiger charge is 2.33. The number of carbonyl (C=O) groups excluding carboxylic acids is 4. The van der Waals surface area contributed by atoms with E-state index in [-0.39, 0.29) is 37.3 Å². The van der Waals surface area contributed by atoms with Crippen LogP contribution in [0, 0.1) is 5.82 Å². The Morgan fingerprint density at radius 3 is 2.65 bits per heavy atom. The minimum Gasteiger partial charge on any atom is -0.469 e. The molecule has 3 amide bonds. The van der Waals surface area contributed by atoms with Gasteiger partial charge in [-0.1, -0.05) is 0 Å². The van der Waals surface area contributed by atoms with Crippen molar-refractivity contribution in [2.24, 2.45) is 0 Å². The van der Waals surface area contributed by atoms with Gasteiger partial charge in [0.25, 0.3) is 5.91 Å². The second-order valence-corrected chi connectivity index (χ2v) is 8.66. The number of ether oxygens (including phenoxy) is 2. The number of benzene rings is 1. The van der Waals surface area contributed by atoms with Gasteiger partial charge in [-0.25, -0.2) is 9.18 Å². The molecule has 0 aliphatic carbocycles. The number of cyclic esters (lactones) is 1. The number of methoxy groups -OCH3 is 1. The lowest BCUT2D eigenvalue weighted by atomic mass is 10.1. The van der Waals surface area contributed by atoms with E-state index in [1.807, 2.05) is 4.90 Å². The third kappa shape index (κ3) is 6.32. The Kier molecular flexibility index (Phi) is 8.16. The number of hydrogen-bond donors (Lipinski definition) is 1. The number of anilines is 2. The predicted octanol–water partition coefficient (Wildman–Crippen LogP) is 1.58. The van der Waals surface area contributed by atoms with Gasteiger partial charge in [0.1, 0.15) is 11.9 Å². The molecule has 0 bridgehead atoms. The van der Waals surface area contributed by atoms with Crippen molar-refractivity contribution in [2.75, 3.05) is 56.2 Å². The van der Waals surface area contributed by atoms with E-state index in [0.29, 0.717) is 49.5 Å². The number of pyridine rings is 1. The highest BCUT2D eigenvalue weighted by Crippen LogP contribution is 2.29. The molecule has 2 aliphatic heterocycles. The average Bonchev–Trinajstić information content (AvgIpc) is 3.31. The zero-order valence-electron chi connectivity index (χ0n) is 20.4. The molecule has 0 spiro atoms. The molecule has 4 rings (SSSR count). The van der Waals surface area contributed by atoms with Crippen molar-refractivity contribution in [3.8, 4) is 0 Å². The number of nitrogens with zero attached hydrogens (tertiary/aromatic N) is 4. The van der Waals surface area contributed by atoms with E-state index >= 15 is 4.39 Å². The second kappa shape index (κ2) is 11.7. The van der Waals surface area contributed by atoms with Crippen LogP contribution in [0.25, 0.3) is 0 Å². The Morgan fingerprint density at radius 1 is 1.19 bits per heavy atom. The van der Waals surface area contributed by atoms with Crippen LogP contribution in [-0.4, -0.2) is 86.2 Å². The summed E-state index contributed by atoms with van der Waals surface area (Å²) in [6, 6.07) is 7.79. The molecule has 196 valence electrons. The second-order valence-electron chi connectivity index (χ2n) is 8.66. The quantitative estimate of drug-likeness (QED) is 0.528. The van der Waals surface area contributed by atoms with Crippen molar-refractivity contribution < 1.29 is 33.0 Å². The first-order valence-corrected chi connectivity index (χ1v) is 11.9. The summed E-state index contributed by atoms with van der Waals surface area (Å²) in [6.45, 7) is 1.67. The first kappa shape index (κ1) is 25.9. The van der Waals surface area contributed by atoms with Crippen LogP contribution in [0.5, 0.6) is 0 Å². The van der Waals surface area contributed by atoms with Crippen molar-refractivity contribution >= 4 is 35.3 Å². The fourth-order valence-electron chi connectivity index (χ4n) is 4.25. The fourth-order valence-corrected chi connectivity index (χ4v) is 4.25. The van der Waals surface area contributed by atoms with Crippen molar-refractivity contribution in [1.29, 1.82) is 0 Å². The topological polar surface area (TPSA) is 121 Å². The standard InChI is InChI=1S/C25H28FN5O6/c1-36-23(33)7-5-19-16-31(25(35)37-19)18-4-6-21(20(26)13-18)29-9-11-30(12-10-29)22(32)15-28-24(34)17-3-2-8-27-14-17/h2-4,6,8,13-14,19H,5,7,9-12,15-16H2,1H3,(H,28,34)/t19-/m0/s1. The van der Waals surface area contributed by atoms with Crippen LogP contribution in [0.2, 0.25) is 0 Å². The van der Waals surface area contributed by atoms with E-state index in [4.69, 9.17) is 4.74 Å². The molecule has 2 fully saturated rings. The van der Waals surface area contributed by atoms with Gasteiger partial charge in [0.2, 0.25) is 5.91 Å². The summed E-state index contributed by atoms with van der Waals surface area (Å²) in [4.78, 5) is 56.9. The van der Waals surface area contributed by atoms with Crippen LogP contribution in [0.3, 0.4) is 0 Å². The molecule has 37 heavy (non-hydrogen) atoms. The smallest absolute Gasteiger partial charge is 0.414 e. The van der Waals surface area contributed by atoms with Gasteiger partial charge in [-0.05, 0) is 36.8 Å². The van der Waals surface area contributed by atoms with Gasteiger partial charge in [0.05, 0.1) is 37.1 Å². The van der Waals surface area contributed by atoms with Gasteiger partial charge in [-0.2, -0.15) is 0 Å². The lowest BCUT2D eigenvalue weighted by Gasteiger charge is -2.36. The highest BCUT2D eigenvalue weighted by molar-refractivity contribution is 5.96. The molecule has 0 unspecified atom stereocenters. The largest absolute Gasteiger partial charge is 0.469 e. The van der Waals surface area contributed by atoms with Crippen LogP contribution in [0.1, 0.15) is 23.2 Å². The SMILES string of the molecule is COC(=O)CC[C@H]1CN(c2ccc(N3CCN(C(=O)CNC(=O)c4cccnc4)CC3)c(F)c2)C(=O)O1. The molecule has 11 nitrogen and oxygen atoms in total. The monoisotopic (exact) mass is 513 g/mol. The van der Waals surface area contributed by atoms with Crippen molar-refractivity contribution in [2.45, 2.75) is 18.9 Å². The minimum absolute atomic E-state index is 0.126. The maximum atomic E-state index is 15.0. The van der Waals surface area contributed by atoms with E-state index in [1.54, 1.807) is 35.4 Å². The number of carbonyl (C=O) groups is 4. The van der Waals surface area contributed by atoms with Crippen LogP contribution in [0.15, 0.2) is 42.7 Å². The number of piperazine rings is 1. The summed E-state index contributed by atoms with van der Waals surface area (Å²) in [6.07, 6.45) is 2.36. The number of aromatic nitrogens is 1. The van der Waals surface area contributed by atoms with Gasteiger partial charge in [-0.15, -0.1) is 0 Å². The maximum Gasteiger partial charge on any atom is 0.414 e. The minimum atomic E-state index is -0.593. The Morgan fingerprint density at radius 2 is 1.97 bits per heavy atom. The van der Waals surface area contributed by atoms with Crippen molar-refractivity contribution in [1.82, 2.24) is 15.2 Å². The zero-order chi connectivity index (χ0) is 26.4. The summed E-state index contributed by atoms with van der Waals surface area (Å²) in [5.41, 5.74) is 1.11. The van der Waals surface area contributed by atoms with E-state index in [1.165, 1.54) is 24.3 Å². The van der Waals surface area contributed by atoms with Crippen LogP contribution < -0.4 is 15.1 Å². The van der Waals surface area contributed by atoms with E-state index in [0.717, 1.165) is 0 Å². The molecule has 1 aromatic heterocycles. The third-order valence-electron chi connectivity index (χ3n) is 6.31. The number of nitrogens with one attached hydrogen (secondary N) is 1. The molecule has 2 saturated heterocycles. The van der Waals surface area contributed by atoms with E-state index in [9.17, 15) is 19.2 Å². The molecular formula is C25H28FN5O6. The summed E-state index contributed by atoms with van der Waals surface area (Å²) in [5.74, 6) is -1.48.